The van der Waals surface area contributed by atoms with Crippen molar-refractivity contribution in [2.24, 2.45) is 0 Å². The summed E-state index contributed by atoms with van der Waals surface area (Å²) in [5.74, 6) is 0.886. The van der Waals surface area contributed by atoms with E-state index >= 15 is 0 Å². The van der Waals surface area contributed by atoms with Crippen molar-refractivity contribution < 1.29 is 4.74 Å². The molecule has 0 amide bonds. The van der Waals surface area contributed by atoms with Crippen molar-refractivity contribution in [3.63, 3.8) is 0 Å². The van der Waals surface area contributed by atoms with Crippen LogP contribution >= 0.6 is 0 Å². The zero-order valence-corrected chi connectivity index (χ0v) is 12.9. The van der Waals surface area contributed by atoms with Crippen LogP contribution in [0, 0.1) is 0 Å². The van der Waals surface area contributed by atoms with Crippen molar-refractivity contribution in [1.29, 1.82) is 0 Å². The molecular weight excluding hydrogens is 262 g/mol. The number of nitrogens with zero attached hydrogens (tertiary/aromatic N) is 2. The van der Waals surface area contributed by atoms with E-state index in [0.29, 0.717) is 0 Å². The fraction of sp³-hybridized carbons (Fsp3) is 0.353. The maximum absolute atomic E-state index is 5.20. The Hall–Kier alpha value is -1.91. The fourth-order valence-corrected chi connectivity index (χ4v) is 2.38. The second-order valence-electron chi connectivity index (χ2n) is 5.17. The van der Waals surface area contributed by atoms with Crippen LogP contribution in [0.2, 0.25) is 0 Å². The highest BCUT2D eigenvalue weighted by atomic mass is 16.5. The minimum absolute atomic E-state index is 0.289. The number of benzene rings is 1. The molecule has 0 spiro atoms. The van der Waals surface area contributed by atoms with Gasteiger partial charge < -0.3 is 15.0 Å². The quantitative estimate of drug-likeness (QED) is 0.848. The van der Waals surface area contributed by atoms with E-state index in [1.54, 1.807) is 13.3 Å². The number of rotatable bonds is 7. The van der Waals surface area contributed by atoms with E-state index in [-0.39, 0.29) is 6.04 Å². The number of ether oxygens (including phenoxy) is 1. The lowest BCUT2D eigenvalue weighted by Crippen LogP contribution is -2.31. The summed E-state index contributed by atoms with van der Waals surface area (Å²) < 4.78 is 5.20. The van der Waals surface area contributed by atoms with Crippen LogP contribution in [0.5, 0.6) is 5.75 Å². The number of likely N-dealkylation sites (N-methyl/N-ethyl adjacent to an activating group) is 2. The van der Waals surface area contributed by atoms with Crippen molar-refractivity contribution in [1.82, 2.24) is 15.2 Å². The molecule has 1 N–H and O–H groups in total. The summed E-state index contributed by atoms with van der Waals surface area (Å²) in [6, 6.07) is 12.6. The summed E-state index contributed by atoms with van der Waals surface area (Å²) in [6.07, 6.45) is 3.72. The van der Waals surface area contributed by atoms with Gasteiger partial charge in [0.25, 0.3) is 0 Å². The summed E-state index contributed by atoms with van der Waals surface area (Å²) in [6.45, 7) is 1.82. The molecular formula is C17H23N3O. The van der Waals surface area contributed by atoms with Gasteiger partial charge in [0.1, 0.15) is 5.75 Å². The van der Waals surface area contributed by atoms with Gasteiger partial charge in [-0.05, 0) is 43.4 Å². The van der Waals surface area contributed by atoms with E-state index in [4.69, 9.17) is 4.74 Å². The number of hydrogen-bond acceptors (Lipinski definition) is 4. The number of aromatic nitrogens is 1. The minimum Gasteiger partial charge on any atom is -0.497 e. The van der Waals surface area contributed by atoms with Gasteiger partial charge in [0.15, 0.2) is 0 Å². The summed E-state index contributed by atoms with van der Waals surface area (Å²) in [7, 11) is 5.81. The van der Waals surface area contributed by atoms with Crippen LogP contribution in [0.3, 0.4) is 0 Å². The Labute approximate surface area is 126 Å². The molecule has 0 bridgehead atoms. The predicted octanol–water partition coefficient (Wildman–Crippen LogP) is 2.48. The Morgan fingerprint density at radius 3 is 2.57 bits per heavy atom. The highest BCUT2D eigenvalue weighted by Crippen LogP contribution is 2.18. The average Bonchev–Trinajstić information content (AvgIpc) is 2.53. The Morgan fingerprint density at radius 1 is 1.24 bits per heavy atom. The Balaban J connectivity index is 1.97. The lowest BCUT2D eigenvalue weighted by molar-refractivity contribution is 0.289. The minimum atomic E-state index is 0.289. The Kier molecular flexibility index (Phi) is 5.72. The van der Waals surface area contributed by atoms with Gasteiger partial charge in [-0.25, -0.2) is 0 Å². The van der Waals surface area contributed by atoms with Gasteiger partial charge in [-0.3, -0.25) is 4.98 Å². The molecule has 21 heavy (non-hydrogen) atoms. The molecule has 0 saturated carbocycles. The molecule has 1 unspecified atom stereocenters. The molecule has 2 aromatic rings. The highest BCUT2D eigenvalue weighted by molar-refractivity contribution is 5.29. The summed E-state index contributed by atoms with van der Waals surface area (Å²) in [5, 5.41) is 3.37. The van der Waals surface area contributed by atoms with Gasteiger partial charge in [0, 0.05) is 31.5 Å². The third-order valence-corrected chi connectivity index (χ3v) is 3.54. The number of pyridine rings is 1. The standard InChI is InChI=1S/C17H23N3O/c1-18-17(15-6-8-16(21-3)9-7-15)13-20(2)12-14-5-4-10-19-11-14/h4-11,17-18H,12-13H2,1-3H3. The van der Waals surface area contributed by atoms with Crippen molar-refractivity contribution in [3.05, 3.63) is 59.9 Å². The van der Waals surface area contributed by atoms with E-state index < -0.39 is 0 Å². The summed E-state index contributed by atoms with van der Waals surface area (Å²) in [5.41, 5.74) is 2.49. The molecule has 4 nitrogen and oxygen atoms in total. The van der Waals surface area contributed by atoms with Crippen molar-refractivity contribution in [2.75, 3.05) is 27.7 Å². The maximum Gasteiger partial charge on any atom is 0.118 e. The number of nitrogens with one attached hydrogen (secondary N) is 1. The first-order chi connectivity index (χ1) is 10.2. The van der Waals surface area contributed by atoms with Crippen LogP contribution in [0.25, 0.3) is 0 Å². The molecule has 0 aliphatic carbocycles. The van der Waals surface area contributed by atoms with Crippen LogP contribution in [0.1, 0.15) is 17.2 Å². The lowest BCUT2D eigenvalue weighted by Gasteiger charge is -2.24. The smallest absolute Gasteiger partial charge is 0.118 e. The topological polar surface area (TPSA) is 37.4 Å². The monoisotopic (exact) mass is 285 g/mol. The van der Waals surface area contributed by atoms with E-state index in [1.807, 2.05) is 31.4 Å². The molecule has 1 atom stereocenters. The van der Waals surface area contributed by atoms with E-state index in [1.165, 1.54) is 11.1 Å². The molecule has 112 valence electrons. The molecule has 0 fully saturated rings. The Morgan fingerprint density at radius 2 is 2.00 bits per heavy atom. The SMILES string of the molecule is CNC(CN(C)Cc1cccnc1)c1ccc(OC)cc1. The van der Waals surface area contributed by atoms with E-state index in [2.05, 4.69) is 40.4 Å². The third-order valence-electron chi connectivity index (χ3n) is 3.54. The average molecular weight is 285 g/mol. The van der Waals surface area contributed by atoms with Crippen LogP contribution < -0.4 is 10.1 Å². The second-order valence-corrected chi connectivity index (χ2v) is 5.17. The number of methoxy groups -OCH3 is 1. The molecule has 0 radical (unpaired) electrons. The molecule has 1 aromatic carbocycles. The second kappa shape index (κ2) is 7.76. The van der Waals surface area contributed by atoms with Crippen LogP contribution in [-0.4, -0.2) is 37.6 Å². The van der Waals surface area contributed by atoms with Crippen molar-refractivity contribution in [2.45, 2.75) is 12.6 Å². The largest absolute Gasteiger partial charge is 0.497 e. The molecule has 0 aliphatic rings. The van der Waals surface area contributed by atoms with Gasteiger partial charge in [-0.1, -0.05) is 18.2 Å². The van der Waals surface area contributed by atoms with Gasteiger partial charge >= 0.3 is 0 Å². The number of hydrogen-bond donors (Lipinski definition) is 1. The molecule has 4 heteroatoms. The molecule has 2 rings (SSSR count). The zero-order chi connectivity index (χ0) is 15.1. The maximum atomic E-state index is 5.20. The molecule has 0 saturated heterocycles. The summed E-state index contributed by atoms with van der Waals surface area (Å²) >= 11 is 0. The predicted molar refractivity (Wildman–Crippen MR) is 85.4 cm³/mol. The Bertz CT molecular complexity index is 527. The molecule has 1 heterocycles. The zero-order valence-electron chi connectivity index (χ0n) is 12.9. The highest BCUT2D eigenvalue weighted by Gasteiger charge is 2.12. The van der Waals surface area contributed by atoms with Gasteiger partial charge in [0.2, 0.25) is 0 Å². The van der Waals surface area contributed by atoms with Crippen molar-refractivity contribution in [3.8, 4) is 5.75 Å². The normalized spacial score (nSPS) is 12.4. The first-order valence-electron chi connectivity index (χ1n) is 7.11. The van der Waals surface area contributed by atoms with Crippen molar-refractivity contribution >= 4 is 0 Å². The first-order valence-corrected chi connectivity index (χ1v) is 7.11. The van der Waals surface area contributed by atoms with Crippen LogP contribution in [0.15, 0.2) is 48.8 Å². The fourth-order valence-electron chi connectivity index (χ4n) is 2.38. The van der Waals surface area contributed by atoms with E-state index in [0.717, 1.165) is 18.8 Å². The lowest BCUT2D eigenvalue weighted by atomic mass is 10.1. The van der Waals surface area contributed by atoms with Gasteiger partial charge in [-0.2, -0.15) is 0 Å². The van der Waals surface area contributed by atoms with E-state index in [9.17, 15) is 0 Å². The molecule has 1 aromatic heterocycles. The molecule has 0 aliphatic heterocycles. The first kappa shape index (κ1) is 15.5. The van der Waals surface area contributed by atoms with Crippen LogP contribution in [0.4, 0.5) is 0 Å². The summed E-state index contributed by atoms with van der Waals surface area (Å²) in [4.78, 5) is 6.45. The van der Waals surface area contributed by atoms with Crippen LogP contribution in [-0.2, 0) is 6.54 Å². The third kappa shape index (κ3) is 4.55. The van der Waals surface area contributed by atoms with Gasteiger partial charge in [-0.15, -0.1) is 0 Å². The van der Waals surface area contributed by atoms with Gasteiger partial charge in [0.05, 0.1) is 7.11 Å².